The second-order valence-electron chi connectivity index (χ2n) is 5.77. The summed E-state index contributed by atoms with van der Waals surface area (Å²) in [4.78, 5) is 0. The van der Waals surface area contributed by atoms with Crippen LogP contribution in [0.4, 0.5) is 0 Å². The van der Waals surface area contributed by atoms with Gasteiger partial charge in [0.05, 0.1) is 0 Å². The number of hydrogen-bond donors (Lipinski definition) is 1. The Balaban J connectivity index is 2.91. The minimum atomic E-state index is 1.21. The molecule has 0 amide bonds. The smallest absolute Gasteiger partial charge is 0.0343 e. The number of rotatable bonds is 15. The van der Waals surface area contributed by atoms with Gasteiger partial charge < -0.3 is 0 Å². The summed E-state index contributed by atoms with van der Waals surface area (Å²) in [6.07, 6.45) is 23.5. The summed E-state index contributed by atoms with van der Waals surface area (Å²) in [7, 11) is 0. The first-order chi connectivity index (χ1) is 9.41. The van der Waals surface area contributed by atoms with Gasteiger partial charge in [0.25, 0.3) is 0 Å². The van der Waals surface area contributed by atoms with Crippen LogP contribution in [-0.4, -0.2) is 0 Å². The lowest BCUT2D eigenvalue weighted by molar-refractivity contribution is 0.536. The van der Waals surface area contributed by atoms with Gasteiger partial charge in [0.1, 0.15) is 0 Å². The van der Waals surface area contributed by atoms with E-state index in [0.29, 0.717) is 0 Å². The largest absolute Gasteiger partial charge is 0.152 e. The van der Waals surface area contributed by atoms with Crippen molar-refractivity contribution in [3.8, 4) is 0 Å². The lowest BCUT2D eigenvalue weighted by Gasteiger charge is -2.02. The molecule has 0 heterocycles. The molecule has 1 heteroatoms. The molecule has 0 spiro atoms. The van der Waals surface area contributed by atoms with Crippen LogP contribution in [0.3, 0.4) is 0 Å². The molecule has 0 radical (unpaired) electrons. The van der Waals surface area contributed by atoms with E-state index in [1.807, 2.05) is 5.41 Å². The van der Waals surface area contributed by atoms with E-state index in [1.54, 1.807) is 0 Å². The molecule has 0 aliphatic rings. The van der Waals surface area contributed by atoms with E-state index < -0.39 is 0 Å². The zero-order valence-electron chi connectivity index (χ0n) is 13.2. The molecule has 19 heavy (non-hydrogen) atoms. The van der Waals surface area contributed by atoms with E-state index in [9.17, 15) is 0 Å². The van der Waals surface area contributed by atoms with Crippen LogP contribution in [-0.2, 0) is 0 Å². The predicted octanol–water partition coefficient (Wildman–Crippen LogP) is 7.30. The molecule has 0 unspecified atom stereocenters. The molecule has 114 valence electrons. The van der Waals surface area contributed by atoms with Gasteiger partial charge in [0.15, 0.2) is 0 Å². The van der Waals surface area contributed by atoms with E-state index in [4.69, 9.17) is 0 Å². The number of unbranched alkanes of at least 4 members (excludes halogenated alkanes) is 14. The van der Waals surface area contributed by atoms with Crippen molar-refractivity contribution in [2.45, 2.75) is 103 Å². The fourth-order valence-electron chi connectivity index (χ4n) is 2.53. The first-order valence-corrected chi connectivity index (χ1v) is 9.22. The molecule has 0 aliphatic carbocycles. The van der Waals surface area contributed by atoms with Gasteiger partial charge in [-0.2, -0.15) is 12.6 Å². The van der Waals surface area contributed by atoms with Crippen LogP contribution in [0.2, 0.25) is 0 Å². The molecule has 0 aromatic rings. The van der Waals surface area contributed by atoms with E-state index in [0.717, 1.165) is 0 Å². The Morgan fingerprint density at radius 2 is 0.947 bits per heavy atom. The van der Waals surface area contributed by atoms with Crippen molar-refractivity contribution in [1.29, 1.82) is 0 Å². The van der Waals surface area contributed by atoms with Gasteiger partial charge in [-0.1, -0.05) is 96.5 Å². The van der Waals surface area contributed by atoms with Crippen LogP contribution < -0.4 is 0 Å². The van der Waals surface area contributed by atoms with Crippen LogP contribution in [0.1, 0.15) is 103 Å². The fraction of sp³-hybridized carbons (Fsp3) is 0.889. The monoisotopic (exact) mass is 284 g/mol. The third-order valence-electron chi connectivity index (χ3n) is 3.83. The lowest BCUT2D eigenvalue weighted by Crippen LogP contribution is -1.83. The maximum absolute atomic E-state index is 4.06. The molecule has 0 nitrogen and oxygen atoms in total. The average Bonchev–Trinajstić information content (AvgIpc) is 2.43. The highest BCUT2D eigenvalue weighted by molar-refractivity contribution is 7.83. The van der Waals surface area contributed by atoms with Crippen LogP contribution in [0.5, 0.6) is 0 Å². The molecule has 0 saturated heterocycles. The molecule has 0 saturated carbocycles. The standard InChI is InChI=1S/C18H36S/c1-2-3-4-5-6-7-8-9-10-11-12-13-14-15-16-17-18-19/h17-19H,2-16H2,1H3/b18-17+. The highest BCUT2D eigenvalue weighted by Gasteiger charge is 1.93. The van der Waals surface area contributed by atoms with Crippen LogP contribution >= 0.6 is 12.6 Å². The number of thiol groups is 1. The van der Waals surface area contributed by atoms with Crippen LogP contribution in [0.15, 0.2) is 11.5 Å². The third-order valence-corrected chi connectivity index (χ3v) is 4.04. The molecule has 0 fully saturated rings. The minimum Gasteiger partial charge on any atom is -0.152 e. The van der Waals surface area contributed by atoms with Crippen molar-refractivity contribution in [2.75, 3.05) is 0 Å². The zero-order chi connectivity index (χ0) is 14.0. The molecule has 0 aliphatic heterocycles. The topological polar surface area (TPSA) is 0 Å². The molecule has 0 rings (SSSR count). The van der Waals surface area contributed by atoms with Gasteiger partial charge in [-0.15, -0.1) is 0 Å². The maximum atomic E-state index is 4.06. The highest BCUT2D eigenvalue weighted by Crippen LogP contribution is 2.13. The highest BCUT2D eigenvalue weighted by atomic mass is 32.1. The molecular weight excluding hydrogens is 248 g/mol. The summed E-state index contributed by atoms with van der Waals surface area (Å²) in [6.45, 7) is 2.29. The maximum Gasteiger partial charge on any atom is -0.0343 e. The summed E-state index contributed by atoms with van der Waals surface area (Å²) >= 11 is 4.06. The Kier molecular flexibility index (Phi) is 18.2. The van der Waals surface area contributed by atoms with E-state index >= 15 is 0 Å². The molecular formula is C18H36S. The lowest BCUT2D eigenvalue weighted by atomic mass is 10.0. The summed E-state index contributed by atoms with van der Waals surface area (Å²) < 4.78 is 0. The van der Waals surface area contributed by atoms with Crippen LogP contribution in [0, 0.1) is 0 Å². The molecule has 0 aromatic carbocycles. The van der Waals surface area contributed by atoms with Gasteiger partial charge in [0.2, 0.25) is 0 Å². The first kappa shape index (κ1) is 19.1. The predicted molar refractivity (Wildman–Crippen MR) is 93.1 cm³/mol. The Labute approximate surface area is 127 Å². The van der Waals surface area contributed by atoms with Crippen molar-refractivity contribution in [3.63, 3.8) is 0 Å². The summed E-state index contributed by atoms with van der Waals surface area (Å²) in [5, 5.41) is 1.86. The molecule has 0 aromatic heterocycles. The van der Waals surface area contributed by atoms with E-state index in [-0.39, 0.29) is 0 Å². The second-order valence-corrected chi connectivity index (χ2v) is 6.07. The summed E-state index contributed by atoms with van der Waals surface area (Å²) in [5.41, 5.74) is 0. The van der Waals surface area contributed by atoms with Gasteiger partial charge >= 0.3 is 0 Å². The summed E-state index contributed by atoms with van der Waals surface area (Å²) in [5.74, 6) is 0. The van der Waals surface area contributed by atoms with Gasteiger partial charge in [-0.3, -0.25) is 0 Å². The quantitative estimate of drug-likeness (QED) is 0.237. The Hall–Kier alpha value is 0.0900. The zero-order valence-corrected chi connectivity index (χ0v) is 14.1. The Morgan fingerprint density at radius 1 is 0.579 bits per heavy atom. The minimum absolute atomic E-state index is 1.21. The van der Waals surface area contributed by atoms with Gasteiger partial charge in [-0.25, -0.2) is 0 Å². The molecule has 0 atom stereocenters. The normalized spacial score (nSPS) is 11.5. The average molecular weight is 285 g/mol. The van der Waals surface area contributed by atoms with E-state index in [2.05, 4.69) is 25.6 Å². The SMILES string of the molecule is CCCCCCCCCCCCCCCC/C=C/S. The van der Waals surface area contributed by atoms with Crippen molar-refractivity contribution in [3.05, 3.63) is 11.5 Å². The first-order valence-electron chi connectivity index (χ1n) is 8.71. The Bertz CT molecular complexity index is 175. The van der Waals surface area contributed by atoms with Crippen molar-refractivity contribution in [1.82, 2.24) is 0 Å². The van der Waals surface area contributed by atoms with Gasteiger partial charge in [-0.05, 0) is 18.2 Å². The second kappa shape index (κ2) is 18.1. The van der Waals surface area contributed by atoms with Gasteiger partial charge in [0, 0.05) is 0 Å². The number of hydrogen-bond acceptors (Lipinski definition) is 1. The molecule has 0 N–H and O–H groups in total. The fourth-order valence-corrected chi connectivity index (χ4v) is 2.68. The third kappa shape index (κ3) is 18.1. The molecule has 0 bridgehead atoms. The Morgan fingerprint density at radius 3 is 1.32 bits per heavy atom. The van der Waals surface area contributed by atoms with Crippen molar-refractivity contribution in [2.24, 2.45) is 0 Å². The van der Waals surface area contributed by atoms with Crippen molar-refractivity contribution >= 4 is 12.6 Å². The summed E-state index contributed by atoms with van der Waals surface area (Å²) in [6, 6.07) is 0. The van der Waals surface area contributed by atoms with Crippen LogP contribution in [0.25, 0.3) is 0 Å². The van der Waals surface area contributed by atoms with E-state index in [1.165, 1.54) is 96.3 Å². The van der Waals surface area contributed by atoms with Crippen molar-refractivity contribution < 1.29 is 0 Å². The number of allylic oxidation sites excluding steroid dienone is 1.